The lowest BCUT2D eigenvalue weighted by Gasteiger charge is -2.33. The molecule has 0 aromatic rings. The fourth-order valence-electron chi connectivity index (χ4n) is 2.85. The van der Waals surface area contributed by atoms with Crippen LogP contribution in [0.3, 0.4) is 0 Å². The summed E-state index contributed by atoms with van der Waals surface area (Å²) in [5.74, 6) is -0.127. The Morgan fingerprint density at radius 1 is 1.09 bits per heavy atom. The summed E-state index contributed by atoms with van der Waals surface area (Å²) in [5, 5.41) is 3.10. The molecule has 0 aromatic heterocycles. The Kier molecular flexibility index (Phi) is 8.66. The second-order valence-corrected chi connectivity index (χ2v) is 5.98. The van der Waals surface area contributed by atoms with Gasteiger partial charge in [-0.25, -0.2) is 0 Å². The zero-order valence-electron chi connectivity index (χ0n) is 14.6. The number of amides is 2. The van der Waals surface area contributed by atoms with Crippen molar-refractivity contribution in [3.05, 3.63) is 0 Å². The van der Waals surface area contributed by atoms with E-state index in [1.54, 1.807) is 11.8 Å². The second-order valence-electron chi connectivity index (χ2n) is 5.98. The van der Waals surface area contributed by atoms with Crippen LogP contribution in [0.15, 0.2) is 0 Å². The van der Waals surface area contributed by atoms with Crippen molar-refractivity contribution in [3.63, 3.8) is 0 Å². The van der Waals surface area contributed by atoms with E-state index in [2.05, 4.69) is 5.32 Å². The molecule has 1 aliphatic heterocycles. The minimum Gasteiger partial charge on any atom is -0.466 e. The number of esters is 1. The summed E-state index contributed by atoms with van der Waals surface area (Å²) in [4.78, 5) is 37.2. The van der Waals surface area contributed by atoms with Gasteiger partial charge in [0.1, 0.15) is 0 Å². The zero-order valence-corrected chi connectivity index (χ0v) is 14.6. The monoisotopic (exact) mass is 326 g/mol. The molecule has 132 valence electrons. The molecular formula is C17H30N2O4. The number of hydrogen-bond donors (Lipinski definition) is 1. The molecule has 2 amide bonds. The van der Waals surface area contributed by atoms with Gasteiger partial charge in [0.2, 0.25) is 11.8 Å². The van der Waals surface area contributed by atoms with Crippen LogP contribution >= 0.6 is 0 Å². The molecule has 0 saturated carbocycles. The van der Waals surface area contributed by atoms with E-state index in [0.717, 1.165) is 25.7 Å². The summed E-state index contributed by atoms with van der Waals surface area (Å²) in [7, 11) is 0. The Balaban J connectivity index is 2.30. The Morgan fingerprint density at radius 2 is 1.70 bits per heavy atom. The van der Waals surface area contributed by atoms with Crippen molar-refractivity contribution in [3.8, 4) is 0 Å². The van der Waals surface area contributed by atoms with Crippen LogP contribution in [-0.2, 0) is 19.1 Å². The Morgan fingerprint density at radius 3 is 2.22 bits per heavy atom. The maximum atomic E-state index is 12.1. The van der Waals surface area contributed by atoms with Crippen LogP contribution in [0.2, 0.25) is 0 Å². The van der Waals surface area contributed by atoms with Gasteiger partial charge in [0, 0.05) is 31.5 Å². The summed E-state index contributed by atoms with van der Waals surface area (Å²) in [6, 6.07) is 0.150. The summed E-state index contributed by atoms with van der Waals surface area (Å²) in [6.07, 6.45) is 3.59. The van der Waals surface area contributed by atoms with Crippen molar-refractivity contribution >= 4 is 17.8 Å². The van der Waals surface area contributed by atoms with Crippen molar-refractivity contribution in [2.75, 3.05) is 19.7 Å². The predicted octanol–water partition coefficient (Wildman–Crippen LogP) is 1.87. The highest BCUT2D eigenvalue weighted by atomic mass is 16.5. The van der Waals surface area contributed by atoms with Gasteiger partial charge in [-0.15, -0.1) is 0 Å². The molecule has 6 nitrogen and oxygen atoms in total. The lowest BCUT2D eigenvalue weighted by molar-refractivity contribution is -0.146. The minimum atomic E-state index is -0.326. The molecule has 1 rings (SSSR count). The highest BCUT2D eigenvalue weighted by Gasteiger charge is 2.25. The molecule has 23 heavy (non-hydrogen) atoms. The first-order valence-electron chi connectivity index (χ1n) is 8.75. The number of hydrogen-bond acceptors (Lipinski definition) is 4. The molecule has 0 bridgehead atoms. The van der Waals surface area contributed by atoms with Gasteiger partial charge < -0.3 is 15.0 Å². The third kappa shape index (κ3) is 6.59. The van der Waals surface area contributed by atoms with Crippen molar-refractivity contribution in [2.45, 2.75) is 65.3 Å². The van der Waals surface area contributed by atoms with Crippen LogP contribution < -0.4 is 5.32 Å². The molecule has 1 fully saturated rings. The molecule has 6 heteroatoms. The van der Waals surface area contributed by atoms with Gasteiger partial charge in [-0.3, -0.25) is 14.4 Å². The van der Waals surface area contributed by atoms with Crippen LogP contribution in [0.5, 0.6) is 0 Å². The van der Waals surface area contributed by atoms with E-state index in [9.17, 15) is 14.4 Å². The number of ether oxygens (including phenoxy) is 1. The molecule has 1 heterocycles. The van der Waals surface area contributed by atoms with Gasteiger partial charge >= 0.3 is 5.97 Å². The summed E-state index contributed by atoms with van der Waals surface area (Å²) < 4.78 is 4.83. The van der Waals surface area contributed by atoms with Crippen molar-refractivity contribution < 1.29 is 19.1 Å². The van der Waals surface area contributed by atoms with E-state index in [1.807, 2.05) is 13.8 Å². The van der Waals surface area contributed by atoms with Gasteiger partial charge in [-0.2, -0.15) is 0 Å². The maximum absolute atomic E-state index is 12.1. The van der Waals surface area contributed by atoms with Gasteiger partial charge in [0.05, 0.1) is 13.0 Å². The number of likely N-dealkylation sites (tertiary alicyclic amines) is 1. The molecule has 1 N–H and O–H groups in total. The SMILES string of the molecule is CCOC(=O)CCC(=O)N1CCC(NC(=O)C(CC)CC)CC1. The third-order valence-electron chi connectivity index (χ3n) is 4.40. The number of piperidine rings is 1. The van der Waals surface area contributed by atoms with E-state index in [0.29, 0.717) is 19.7 Å². The number of carbonyl (C=O) groups is 3. The number of rotatable bonds is 8. The van der Waals surface area contributed by atoms with Crippen LogP contribution in [0.4, 0.5) is 0 Å². The summed E-state index contributed by atoms with van der Waals surface area (Å²) >= 11 is 0. The first kappa shape index (κ1) is 19.5. The van der Waals surface area contributed by atoms with E-state index in [1.165, 1.54) is 0 Å². The van der Waals surface area contributed by atoms with E-state index in [-0.39, 0.29) is 42.6 Å². The third-order valence-corrected chi connectivity index (χ3v) is 4.40. The summed E-state index contributed by atoms with van der Waals surface area (Å²) in [5.41, 5.74) is 0. The normalized spacial score (nSPS) is 15.6. The quantitative estimate of drug-likeness (QED) is 0.691. The highest BCUT2D eigenvalue weighted by molar-refractivity contribution is 5.81. The van der Waals surface area contributed by atoms with Crippen molar-refractivity contribution in [2.24, 2.45) is 5.92 Å². The molecule has 0 spiro atoms. The standard InChI is InChI=1S/C17H30N2O4/c1-4-13(5-2)17(22)18-14-9-11-19(12-10-14)15(20)7-8-16(21)23-6-3/h13-14H,4-12H2,1-3H3,(H,18,22). The van der Waals surface area contributed by atoms with Crippen LogP contribution in [0, 0.1) is 5.92 Å². The minimum absolute atomic E-state index is 0.0113. The van der Waals surface area contributed by atoms with Gasteiger partial charge in [-0.1, -0.05) is 13.8 Å². The molecule has 0 aromatic carbocycles. The Bertz CT molecular complexity index is 399. The van der Waals surface area contributed by atoms with Crippen LogP contribution in [0.1, 0.15) is 59.3 Å². The van der Waals surface area contributed by atoms with Crippen LogP contribution in [-0.4, -0.2) is 48.4 Å². The van der Waals surface area contributed by atoms with Gasteiger partial charge in [0.15, 0.2) is 0 Å². The molecule has 1 aliphatic rings. The Hall–Kier alpha value is -1.59. The van der Waals surface area contributed by atoms with Crippen molar-refractivity contribution in [1.29, 1.82) is 0 Å². The molecule has 0 aliphatic carbocycles. The average Bonchev–Trinajstić information content (AvgIpc) is 2.54. The lowest BCUT2D eigenvalue weighted by atomic mass is 9.99. The second kappa shape index (κ2) is 10.2. The predicted molar refractivity (Wildman–Crippen MR) is 87.7 cm³/mol. The molecule has 0 atom stereocenters. The first-order valence-corrected chi connectivity index (χ1v) is 8.75. The number of carbonyl (C=O) groups excluding carboxylic acids is 3. The molecule has 0 radical (unpaired) electrons. The first-order chi connectivity index (χ1) is 11.0. The van der Waals surface area contributed by atoms with E-state index < -0.39 is 0 Å². The smallest absolute Gasteiger partial charge is 0.306 e. The van der Waals surface area contributed by atoms with Gasteiger partial charge in [0.25, 0.3) is 0 Å². The number of nitrogens with one attached hydrogen (secondary N) is 1. The maximum Gasteiger partial charge on any atom is 0.306 e. The average molecular weight is 326 g/mol. The highest BCUT2D eigenvalue weighted by Crippen LogP contribution is 2.14. The molecule has 1 saturated heterocycles. The molecular weight excluding hydrogens is 296 g/mol. The van der Waals surface area contributed by atoms with Crippen molar-refractivity contribution in [1.82, 2.24) is 10.2 Å². The summed E-state index contributed by atoms with van der Waals surface area (Å²) in [6.45, 7) is 7.41. The zero-order chi connectivity index (χ0) is 17.2. The van der Waals surface area contributed by atoms with Gasteiger partial charge in [-0.05, 0) is 32.6 Å². The van der Waals surface area contributed by atoms with E-state index in [4.69, 9.17) is 4.74 Å². The lowest BCUT2D eigenvalue weighted by Crippen LogP contribution is -2.47. The van der Waals surface area contributed by atoms with E-state index >= 15 is 0 Å². The molecule has 0 unspecified atom stereocenters. The Labute approximate surface area is 138 Å². The fraction of sp³-hybridized carbons (Fsp3) is 0.824. The van der Waals surface area contributed by atoms with Crippen LogP contribution in [0.25, 0.3) is 0 Å². The number of nitrogens with zero attached hydrogens (tertiary/aromatic N) is 1. The topological polar surface area (TPSA) is 75.7 Å². The fourth-order valence-corrected chi connectivity index (χ4v) is 2.85. The largest absolute Gasteiger partial charge is 0.466 e.